The molecule has 0 aromatic heterocycles. The van der Waals surface area contributed by atoms with Gasteiger partial charge in [0.15, 0.2) is 0 Å². The fourth-order valence-electron chi connectivity index (χ4n) is 2.99. The molecule has 1 aliphatic heterocycles. The topological polar surface area (TPSA) is 87.3 Å². The molecule has 1 saturated heterocycles. The molecule has 0 spiro atoms. The number of sulfonamides is 1. The number of anilines is 1. The average molecular weight is 391 g/mol. The molecule has 144 valence electrons. The van der Waals surface area contributed by atoms with Gasteiger partial charge >= 0.3 is 0 Å². The first-order valence-electron chi connectivity index (χ1n) is 8.76. The third-order valence-electron chi connectivity index (χ3n) is 4.53. The van der Waals surface area contributed by atoms with Crippen LogP contribution < -0.4 is 15.4 Å². The zero-order valence-electron chi connectivity index (χ0n) is 15.0. The van der Waals surface area contributed by atoms with Gasteiger partial charge in [-0.2, -0.15) is 0 Å². The molecule has 0 radical (unpaired) electrons. The van der Waals surface area contributed by atoms with Crippen LogP contribution in [0.3, 0.4) is 0 Å². The minimum absolute atomic E-state index is 0.0585. The maximum absolute atomic E-state index is 13.4. The maximum Gasteiger partial charge on any atom is 0.261 e. The number of halogens is 1. The molecule has 1 heterocycles. The van der Waals surface area contributed by atoms with E-state index >= 15 is 0 Å². The van der Waals surface area contributed by atoms with Crippen LogP contribution in [-0.2, 0) is 10.0 Å². The Kier molecular flexibility index (Phi) is 5.76. The number of piperidine rings is 1. The van der Waals surface area contributed by atoms with Crippen molar-refractivity contribution in [2.45, 2.75) is 30.7 Å². The van der Waals surface area contributed by atoms with Crippen LogP contribution in [0.1, 0.15) is 28.8 Å². The van der Waals surface area contributed by atoms with Crippen LogP contribution in [-0.4, -0.2) is 33.5 Å². The van der Waals surface area contributed by atoms with Crippen LogP contribution in [0.2, 0.25) is 0 Å². The number of benzene rings is 2. The Balaban J connectivity index is 1.82. The van der Waals surface area contributed by atoms with E-state index in [0.29, 0.717) is 0 Å². The number of amides is 1. The number of hydrogen-bond acceptors (Lipinski definition) is 4. The van der Waals surface area contributed by atoms with Crippen molar-refractivity contribution in [1.82, 2.24) is 10.6 Å². The van der Waals surface area contributed by atoms with E-state index in [9.17, 15) is 17.6 Å². The molecule has 2 aromatic carbocycles. The second-order valence-electron chi connectivity index (χ2n) is 6.56. The van der Waals surface area contributed by atoms with Crippen molar-refractivity contribution in [2.75, 3.05) is 17.8 Å². The van der Waals surface area contributed by atoms with Crippen molar-refractivity contribution in [3.05, 3.63) is 59.4 Å². The van der Waals surface area contributed by atoms with Gasteiger partial charge in [-0.25, -0.2) is 12.8 Å². The van der Waals surface area contributed by atoms with Gasteiger partial charge in [0.25, 0.3) is 15.9 Å². The molecular weight excluding hydrogens is 369 g/mol. The lowest BCUT2D eigenvalue weighted by atomic mass is 10.1. The van der Waals surface area contributed by atoms with E-state index in [0.717, 1.165) is 32.0 Å². The lowest BCUT2D eigenvalue weighted by Crippen LogP contribution is -2.42. The highest BCUT2D eigenvalue weighted by Gasteiger charge is 2.21. The van der Waals surface area contributed by atoms with E-state index in [1.54, 1.807) is 18.2 Å². The quantitative estimate of drug-likeness (QED) is 0.731. The highest BCUT2D eigenvalue weighted by atomic mass is 32.2. The normalized spacial score (nSPS) is 15.3. The minimum Gasteiger partial charge on any atom is -0.349 e. The summed E-state index contributed by atoms with van der Waals surface area (Å²) in [5.74, 6) is -0.800. The number of carbonyl (C=O) groups excluding carboxylic acids is 1. The maximum atomic E-state index is 13.4. The van der Waals surface area contributed by atoms with Crippen LogP contribution in [0, 0.1) is 12.7 Å². The number of aryl methyl sites for hydroxylation is 1. The number of para-hydroxylation sites is 1. The monoisotopic (exact) mass is 391 g/mol. The van der Waals surface area contributed by atoms with E-state index in [1.807, 2.05) is 0 Å². The van der Waals surface area contributed by atoms with Gasteiger partial charge in [0.1, 0.15) is 5.82 Å². The SMILES string of the molecule is Cc1cc(S(=O)(=O)Nc2ccccc2C(=O)NC2CCNCC2)ccc1F. The Morgan fingerprint density at radius 2 is 1.85 bits per heavy atom. The number of nitrogens with one attached hydrogen (secondary N) is 3. The molecular formula is C19H22FN3O3S. The predicted octanol–water partition coefficient (Wildman–Crippen LogP) is 2.42. The summed E-state index contributed by atoms with van der Waals surface area (Å²) in [5.41, 5.74) is 0.666. The van der Waals surface area contributed by atoms with Gasteiger partial charge in [-0.15, -0.1) is 0 Å². The minimum atomic E-state index is -3.95. The number of rotatable bonds is 5. The number of hydrogen-bond donors (Lipinski definition) is 3. The van der Waals surface area contributed by atoms with Gasteiger partial charge in [-0.05, 0) is 68.8 Å². The Morgan fingerprint density at radius 3 is 2.56 bits per heavy atom. The van der Waals surface area contributed by atoms with Gasteiger partial charge in [0.2, 0.25) is 0 Å². The van der Waals surface area contributed by atoms with Crippen LogP contribution >= 0.6 is 0 Å². The molecule has 2 aromatic rings. The van der Waals surface area contributed by atoms with Crippen molar-refractivity contribution >= 4 is 21.6 Å². The number of carbonyl (C=O) groups is 1. The summed E-state index contributed by atoms with van der Waals surface area (Å²) in [6.07, 6.45) is 1.66. The van der Waals surface area contributed by atoms with Crippen LogP contribution in [0.15, 0.2) is 47.4 Å². The molecule has 0 aliphatic carbocycles. The van der Waals surface area contributed by atoms with E-state index in [1.165, 1.54) is 25.1 Å². The van der Waals surface area contributed by atoms with E-state index in [2.05, 4.69) is 15.4 Å². The summed E-state index contributed by atoms with van der Waals surface area (Å²) in [6, 6.07) is 10.1. The molecule has 1 amide bonds. The van der Waals surface area contributed by atoms with Crippen molar-refractivity contribution in [2.24, 2.45) is 0 Å². The van der Waals surface area contributed by atoms with Crippen molar-refractivity contribution in [1.29, 1.82) is 0 Å². The third-order valence-corrected chi connectivity index (χ3v) is 5.89. The van der Waals surface area contributed by atoms with E-state index in [-0.39, 0.29) is 33.7 Å². The standard InChI is InChI=1S/C19H22FN3O3S/c1-13-12-15(6-7-17(13)20)27(25,26)23-18-5-3-2-4-16(18)19(24)22-14-8-10-21-11-9-14/h2-7,12,14,21,23H,8-11H2,1H3,(H,22,24). The Bertz CT molecular complexity index is 941. The zero-order valence-corrected chi connectivity index (χ0v) is 15.8. The summed E-state index contributed by atoms with van der Waals surface area (Å²) >= 11 is 0. The summed E-state index contributed by atoms with van der Waals surface area (Å²) in [6.45, 7) is 3.17. The Morgan fingerprint density at radius 1 is 1.15 bits per heavy atom. The smallest absolute Gasteiger partial charge is 0.261 e. The summed E-state index contributed by atoms with van der Waals surface area (Å²) in [5, 5.41) is 6.18. The molecule has 6 nitrogen and oxygen atoms in total. The van der Waals surface area contributed by atoms with Crippen LogP contribution in [0.5, 0.6) is 0 Å². The second kappa shape index (κ2) is 8.06. The molecule has 0 bridgehead atoms. The lowest BCUT2D eigenvalue weighted by molar-refractivity contribution is 0.0930. The van der Waals surface area contributed by atoms with Gasteiger partial charge in [-0.1, -0.05) is 12.1 Å². The predicted molar refractivity (Wildman–Crippen MR) is 102 cm³/mol. The van der Waals surface area contributed by atoms with Crippen molar-refractivity contribution < 1.29 is 17.6 Å². The molecule has 1 fully saturated rings. The molecule has 0 saturated carbocycles. The molecule has 3 rings (SSSR count). The first-order chi connectivity index (χ1) is 12.9. The largest absolute Gasteiger partial charge is 0.349 e. The van der Waals surface area contributed by atoms with Gasteiger partial charge in [-0.3, -0.25) is 9.52 Å². The average Bonchev–Trinajstić information content (AvgIpc) is 2.65. The molecule has 0 atom stereocenters. The van der Waals surface area contributed by atoms with E-state index < -0.39 is 15.8 Å². The first-order valence-corrected chi connectivity index (χ1v) is 10.2. The van der Waals surface area contributed by atoms with Gasteiger partial charge in [0, 0.05) is 6.04 Å². The molecule has 27 heavy (non-hydrogen) atoms. The lowest BCUT2D eigenvalue weighted by Gasteiger charge is -2.24. The highest BCUT2D eigenvalue weighted by molar-refractivity contribution is 7.92. The fraction of sp³-hybridized carbons (Fsp3) is 0.316. The first kappa shape index (κ1) is 19.3. The third kappa shape index (κ3) is 4.64. The van der Waals surface area contributed by atoms with Crippen molar-refractivity contribution in [3.63, 3.8) is 0 Å². The van der Waals surface area contributed by atoms with Crippen LogP contribution in [0.4, 0.5) is 10.1 Å². The van der Waals surface area contributed by atoms with Gasteiger partial charge in [0.05, 0.1) is 16.1 Å². The zero-order chi connectivity index (χ0) is 19.4. The highest BCUT2D eigenvalue weighted by Crippen LogP contribution is 2.22. The fourth-order valence-corrected chi connectivity index (χ4v) is 4.15. The molecule has 8 heteroatoms. The Hall–Kier alpha value is -2.45. The molecule has 1 aliphatic rings. The second-order valence-corrected chi connectivity index (χ2v) is 8.24. The van der Waals surface area contributed by atoms with Crippen LogP contribution in [0.25, 0.3) is 0 Å². The van der Waals surface area contributed by atoms with E-state index in [4.69, 9.17) is 0 Å². The summed E-state index contributed by atoms with van der Waals surface area (Å²) in [4.78, 5) is 12.6. The molecule has 0 unspecified atom stereocenters. The molecule has 3 N–H and O–H groups in total. The summed E-state index contributed by atoms with van der Waals surface area (Å²) < 4.78 is 41.2. The summed E-state index contributed by atoms with van der Waals surface area (Å²) in [7, 11) is -3.95. The van der Waals surface area contributed by atoms with Crippen molar-refractivity contribution in [3.8, 4) is 0 Å². The Labute approximate surface area is 158 Å². The van der Waals surface area contributed by atoms with Gasteiger partial charge < -0.3 is 10.6 Å².